The molecule has 0 radical (unpaired) electrons. The van der Waals surface area contributed by atoms with Crippen molar-refractivity contribution in [3.05, 3.63) is 64.1 Å². The number of carbonyl (C=O) groups is 4. The van der Waals surface area contributed by atoms with Gasteiger partial charge in [-0.1, -0.05) is 45.9 Å². The Hall–Kier alpha value is -4.79. The minimum Gasteiger partial charge on any atom is -0.507 e. The molecule has 5 bridgehead atoms. The topological polar surface area (TPSA) is 230 Å². The number of hydrogen-bond donors (Lipinski definition) is 5. The Balaban J connectivity index is 1.89. The largest absolute Gasteiger partial charge is 0.507 e. The Morgan fingerprint density at radius 2 is 1.59 bits per heavy atom. The summed E-state index contributed by atoms with van der Waals surface area (Å²) in [6.45, 7) is 12.4. The number of nitrogens with zero attached hydrogens (tertiary/aromatic N) is 1. The van der Waals surface area contributed by atoms with Gasteiger partial charge in [0.1, 0.15) is 23.3 Å². The molecule has 5 rings (SSSR count). The van der Waals surface area contributed by atoms with E-state index in [-0.39, 0.29) is 45.0 Å². The highest BCUT2D eigenvalue weighted by atomic mass is 16.7. The zero-order valence-electron chi connectivity index (χ0n) is 30.2. The molecule has 7 N–H and O–H groups in total. The summed E-state index contributed by atoms with van der Waals surface area (Å²) < 4.78 is 23.2. The molecule has 4 aliphatic rings. The number of phenols is 1. The van der Waals surface area contributed by atoms with Crippen LogP contribution in [0.25, 0.3) is 5.70 Å². The summed E-state index contributed by atoms with van der Waals surface area (Å²) in [7, 11) is 1.43. The number of aliphatic hydroxyl groups excluding tert-OH is 2. The number of phenolic OH excluding ortho intramolecular Hbond substituents is 1. The smallest absolute Gasteiger partial charge is 0.312 e. The Morgan fingerprint density at radius 1 is 0.941 bits per heavy atom. The van der Waals surface area contributed by atoms with E-state index < -0.39 is 88.8 Å². The first-order valence-electron chi connectivity index (χ1n) is 16.6. The molecule has 3 aliphatic heterocycles. The van der Waals surface area contributed by atoms with Crippen molar-refractivity contribution in [2.45, 2.75) is 85.6 Å². The summed E-state index contributed by atoms with van der Waals surface area (Å²) >= 11 is 0. The van der Waals surface area contributed by atoms with E-state index in [9.17, 15) is 34.5 Å². The molecule has 9 atom stereocenters. The van der Waals surface area contributed by atoms with Crippen LogP contribution in [0.2, 0.25) is 0 Å². The third-order valence-electron chi connectivity index (χ3n) is 10.0. The second kappa shape index (κ2) is 14.8. The first-order chi connectivity index (χ1) is 23.8. The number of aliphatic imine (C=N–C) groups is 1. The Bertz CT molecular complexity index is 1790. The summed E-state index contributed by atoms with van der Waals surface area (Å²) in [5, 5.41) is 33.8. The summed E-state index contributed by atoms with van der Waals surface area (Å²) in [4.78, 5) is 57.1. The van der Waals surface area contributed by atoms with Crippen molar-refractivity contribution in [1.29, 1.82) is 0 Å². The molecule has 1 amide bonds. The van der Waals surface area contributed by atoms with Gasteiger partial charge in [0.2, 0.25) is 5.78 Å². The molecule has 1 aliphatic carbocycles. The van der Waals surface area contributed by atoms with E-state index in [1.54, 1.807) is 33.8 Å². The summed E-state index contributed by atoms with van der Waals surface area (Å²) in [6.07, 6.45) is 3.44. The highest BCUT2D eigenvalue weighted by Crippen LogP contribution is 2.49. The van der Waals surface area contributed by atoms with Crippen LogP contribution >= 0.6 is 0 Å². The molecule has 14 nitrogen and oxygen atoms in total. The number of fused-ring (bicyclic) bond motifs is 13. The summed E-state index contributed by atoms with van der Waals surface area (Å²) in [5.74, 6) is -8.14. The van der Waals surface area contributed by atoms with Crippen molar-refractivity contribution in [3.63, 3.8) is 0 Å². The third kappa shape index (κ3) is 7.08. The maximum absolute atomic E-state index is 14.0. The molecule has 14 heteroatoms. The lowest BCUT2D eigenvalue weighted by Gasteiger charge is -2.38. The number of ketones is 2. The number of aliphatic hydroxyl groups is 2. The van der Waals surface area contributed by atoms with Gasteiger partial charge in [0.05, 0.1) is 47.1 Å². The van der Waals surface area contributed by atoms with Crippen molar-refractivity contribution in [2.75, 3.05) is 7.11 Å². The predicted octanol–water partition coefficient (Wildman–Crippen LogP) is 3.00. The number of benzene rings is 1. The van der Waals surface area contributed by atoms with E-state index in [4.69, 9.17) is 30.4 Å². The van der Waals surface area contributed by atoms with Gasteiger partial charge in [-0.3, -0.25) is 19.2 Å². The number of allylic oxidation sites excluding steroid dienone is 3. The molecule has 276 valence electrons. The molecule has 0 saturated carbocycles. The monoisotopic (exact) mass is 709 g/mol. The fraction of sp³-hybridized carbons (Fsp3) is 0.486. The molecule has 0 fully saturated rings. The van der Waals surface area contributed by atoms with Gasteiger partial charge in [0.25, 0.3) is 11.7 Å². The van der Waals surface area contributed by atoms with Gasteiger partial charge in [-0.25, -0.2) is 4.99 Å². The van der Waals surface area contributed by atoms with Gasteiger partial charge < -0.3 is 45.7 Å². The van der Waals surface area contributed by atoms with Gasteiger partial charge in [0, 0.05) is 61.3 Å². The number of hydrogen-bond acceptors (Lipinski definition) is 13. The van der Waals surface area contributed by atoms with Crippen LogP contribution in [0.15, 0.2) is 46.8 Å². The maximum atomic E-state index is 14.0. The first kappa shape index (κ1) is 39.0. The van der Waals surface area contributed by atoms with Crippen LogP contribution < -0.4 is 16.2 Å². The minimum atomic E-state index is -2.00. The van der Waals surface area contributed by atoms with Crippen molar-refractivity contribution in [3.8, 4) is 11.5 Å². The predicted molar refractivity (Wildman–Crippen MR) is 186 cm³/mol. The zero-order chi connectivity index (χ0) is 38.3. The SMILES string of the molecule is CO[C@H]1/C=C\O[C@@]2(C)Oc3c(C)c(O)c4c(c3C2=O)C(N)=C(N)C(=NC(=O)/C(C)=C\C=C/[C@H](C)[C@H](O)[C@@H](C)[C@@H](O)[C@@H](C)[C@H](OC(C)=O)[C@@H]1C)C4=O. The van der Waals surface area contributed by atoms with Crippen LogP contribution in [0.1, 0.15) is 80.3 Å². The second-order valence-corrected chi connectivity index (χ2v) is 13.6. The highest BCUT2D eigenvalue weighted by molar-refractivity contribution is 6.56. The van der Waals surface area contributed by atoms with E-state index >= 15 is 0 Å². The number of Topliss-reactive ketones (excluding diaryl/α,β-unsaturated/α-hetero) is 2. The normalized spacial score (nSPS) is 34.2. The lowest BCUT2D eigenvalue weighted by Crippen LogP contribution is -2.46. The van der Waals surface area contributed by atoms with Crippen LogP contribution in [-0.2, 0) is 23.8 Å². The van der Waals surface area contributed by atoms with E-state index in [1.807, 2.05) is 0 Å². The lowest BCUT2D eigenvalue weighted by atomic mass is 9.78. The summed E-state index contributed by atoms with van der Waals surface area (Å²) in [6, 6.07) is 0. The molecule has 0 aromatic heterocycles. The van der Waals surface area contributed by atoms with E-state index in [0.717, 1.165) is 0 Å². The first-order valence-corrected chi connectivity index (χ1v) is 16.6. The number of ether oxygens (including phenoxy) is 4. The van der Waals surface area contributed by atoms with Crippen LogP contribution in [0.4, 0.5) is 0 Å². The van der Waals surface area contributed by atoms with Gasteiger partial charge in [0.15, 0.2) is 0 Å². The van der Waals surface area contributed by atoms with Crippen LogP contribution in [0.3, 0.4) is 0 Å². The Kier molecular flexibility index (Phi) is 11.3. The van der Waals surface area contributed by atoms with Gasteiger partial charge in [-0.05, 0) is 19.9 Å². The van der Waals surface area contributed by atoms with Crippen molar-refractivity contribution >= 4 is 34.9 Å². The third-order valence-corrected chi connectivity index (χ3v) is 10.0. The van der Waals surface area contributed by atoms with Crippen LogP contribution in [0.5, 0.6) is 11.5 Å². The molecule has 3 heterocycles. The highest BCUT2D eigenvalue weighted by Gasteiger charge is 2.51. The zero-order valence-corrected chi connectivity index (χ0v) is 30.2. The number of rotatable bonds is 2. The number of nitrogens with two attached hydrogens (primary N) is 2. The molecule has 1 aromatic rings. The quantitative estimate of drug-likeness (QED) is 0.279. The van der Waals surface area contributed by atoms with Crippen molar-refractivity contribution in [1.82, 2.24) is 0 Å². The molecular formula is C37H47N3O11. The second-order valence-electron chi connectivity index (χ2n) is 13.6. The minimum absolute atomic E-state index is 0.0399. The van der Waals surface area contributed by atoms with E-state index in [1.165, 1.54) is 59.3 Å². The summed E-state index contributed by atoms with van der Waals surface area (Å²) in [5.41, 5.74) is 11.0. The molecule has 0 saturated heterocycles. The van der Waals surface area contributed by atoms with Crippen LogP contribution in [-0.4, -0.2) is 81.8 Å². The fourth-order valence-corrected chi connectivity index (χ4v) is 6.72. The van der Waals surface area contributed by atoms with Crippen LogP contribution in [0, 0.1) is 30.6 Å². The number of amides is 1. The number of methoxy groups -OCH3 is 1. The molecule has 0 spiro atoms. The van der Waals surface area contributed by atoms with Gasteiger partial charge in [-0.2, -0.15) is 0 Å². The molecule has 51 heavy (non-hydrogen) atoms. The molecule has 1 aromatic carbocycles. The van der Waals surface area contributed by atoms with E-state index in [0.29, 0.717) is 0 Å². The average Bonchev–Trinajstić information content (AvgIpc) is 3.35. The number of carbonyl (C=O) groups excluding carboxylic acids is 4. The lowest BCUT2D eigenvalue weighted by molar-refractivity contribution is -0.160. The standard InChI is InChI=1S/C37H47N3O11/c1-15-11-10-12-16(2)36(47)40-28-27(39)26(38)23-24(32(28)45)31(44)20(6)34-25(23)35(46)37(8,51-34)49-14-13-22(48-9)17(3)33(50-21(7)41)19(5)30(43)18(4)29(15)42/h10-15,17-19,22,29-30,33,42-44H,38-39H2,1-9H3/b11-10-,14-13-,16-12-,40-28?/t15-,17+,18+,19+,22-,29-,30+,33+,37-/m0/s1. The van der Waals surface area contributed by atoms with Crippen molar-refractivity contribution < 1.29 is 53.4 Å². The number of esters is 1. The number of aromatic hydroxyl groups is 1. The Labute approximate surface area is 296 Å². The van der Waals surface area contributed by atoms with Gasteiger partial charge in [-0.15, -0.1) is 0 Å². The van der Waals surface area contributed by atoms with Crippen molar-refractivity contribution in [2.24, 2.45) is 40.1 Å². The maximum Gasteiger partial charge on any atom is 0.312 e. The average molecular weight is 710 g/mol. The van der Waals surface area contributed by atoms with Gasteiger partial charge >= 0.3 is 11.8 Å². The Morgan fingerprint density at radius 3 is 2.20 bits per heavy atom. The fourth-order valence-electron chi connectivity index (χ4n) is 6.72. The molecule has 0 unspecified atom stereocenters. The molecular weight excluding hydrogens is 662 g/mol. The van der Waals surface area contributed by atoms with E-state index in [2.05, 4.69) is 4.99 Å².